The first kappa shape index (κ1) is 11.5. The van der Waals surface area contributed by atoms with E-state index < -0.39 is 0 Å². The quantitative estimate of drug-likeness (QED) is 0.697. The molecule has 0 spiro atoms. The van der Waals surface area contributed by atoms with Crippen LogP contribution in [0.25, 0.3) is 10.9 Å². The van der Waals surface area contributed by atoms with Crippen LogP contribution < -0.4 is 11.1 Å². The van der Waals surface area contributed by atoms with E-state index in [1.54, 1.807) is 13.1 Å². The minimum atomic E-state index is 0.477. The van der Waals surface area contributed by atoms with Gasteiger partial charge >= 0.3 is 0 Å². The van der Waals surface area contributed by atoms with E-state index in [9.17, 15) is 0 Å². The van der Waals surface area contributed by atoms with Crippen LogP contribution in [0.1, 0.15) is 11.7 Å². The van der Waals surface area contributed by atoms with Crippen molar-refractivity contribution in [3.8, 4) is 0 Å². The van der Waals surface area contributed by atoms with Crippen LogP contribution in [-0.4, -0.2) is 15.1 Å². The van der Waals surface area contributed by atoms with Gasteiger partial charge in [-0.2, -0.15) is 4.98 Å². The second-order valence-corrected chi connectivity index (χ2v) is 4.22. The van der Waals surface area contributed by atoms with Crippen LogP contribution in [0.2, 0.25) is 0 Å². The van der Waals surface area contributed by atoms with Gasteiger partial charge in [-0.15, -0.1) is 0 Å². The molecule has 3 rings (SSSR count). The van der Waals surface area contributed by atoms with Gasteiger partial charge in [-0.05, 0) is 31.2 Å². The van der Waals surface area contributed by atoms with Crippen molar-refractivity contribution in [2.24, 2.45) is 0 Å². The fourth-order valence-corrected chi connectivity index (χ4v) is 1.90. The lowest BCUT2D eigenvalue weighted by atomic mass is 10.1. The van der Waals surface area contributed by atoms with Gasteiger partial charge in [0.25, 0.3) is 0 Å². The molecule has 6 heteroatoms. The summed E-state index contributed by atoms with van der Waals surface area (Å²) in [7, 11) is 0. The van der Waals surface area contributed by atoms with Crippen LogP contribution in [0.3, 0.4) is 0 Å². The highest BCUT2D eigenvalue weighted by Gasteiger charge is 2.05. The molecule has 0 aliphatic heterocycles. The van der Waals surface area contributed by atoms with Crippen LogP contribution in [0, 0.1) is 6.92 Å². The Balaban J connectivity index is 1.88. The zero-order valence-corrected chi connectivity index (χ0v) is 10.4. The SMILES string of the molecule is Cc1noc(CNc2ccnc3cc(N)ccc23)n1. The van der Waals surface area contributed by atoms with Gasteiger partial charge in [-0.3, -0.25) is 4.98 Å². The highest BCUT2D eigenvalue weighted by molar-refractivity contribution is 5.92. The number of hydrogen-bond acceptors (Lipinski definition) is 6. The van der Waals surface area contributed by atoms with Crippen molar-refractivity contribution in [3.05, 3.63) is 42.2 Å². The van der Waals surface area contributed by atoms with Gasteiger partial charge in [0.15, 0.2) is 5.82 Å². The molecule has 0 saturated heterocycles. The van der Waals surface area contributed by atoms with Crippen LogP contribution >= 0.6 is 0 Å². The normalized spacial score (nSPS) is 10.8. The van der Waals surface area contributed by atoms with Crippen LogP contribution in [0.4, 0.5) is 11.4 Å². The number of nitrogen functional groups attached to an aromatic ring is 1. The maximum absolute atomic E-state index is 5.75. The van der Waals surface area contributed by atoms with E-state index in [0.717, 1.165) is 16.6 Å². The summed E-state index contributed by atoms with van der Waals surface area (Å²) in [5, 5.41) is 8.01. The third kappa shape index (κ3) is 2.33. The summed E-state index contributed by atoms with van der Waals surface area (Å²) < 4.78 is 5.06. The smallest absolute Gasteiger partial charge is 0.245 e. The Morgan fingerprint density at radius 1 is 1.32 bits per heavy atom. The third-order valence-corrected chi connectivity index (χ3v) is 2.77. The van der Waals surface area contributed by atoms with Gasteiger partial charge in [-0.25, -0.2) is 0 Å². The number of nitrogens with one attached hydrogen (secondary N) is 1. The summed E-state index contributed by atoms with van der Waals surface area (Å²) in [4.78, 5) is 8.43. The summed E-state index contributed by atoms with van der Waals surface area (Å²) in [6.45, 7) is 2.27. The van der Waals surface area contributed by atoms with Gasteiger partial charge in [0.05, 0.1) is 12.1 Å². The van der Waals surface area contributed by atoms with E-state index in [2.05, 4.69) is 20.4 Å². The van der Waals surface area contributed by atoms with Crippen molar-refractivity contribution in [3.63, 3.8) is 0 Å². The van der Waals surface area contributed by atoms with E-state index in [-0.39, 0.29) is 0 Å². The average Bonchev–Trinajstić information content (AvgIpc) is 2.81. The number of aromatic nitrogens is 3. The number of hydrogen-bond donors (Lipinski definition) is 2. The summed E-state index contributed by atoms with van der Waals surface area (Å²) in [6, 6.07) is 7.55. The molecule has 0 aliphatic carbocycles. The van der Waals surface area contributed by atoms with Crippen LogP contribution in [0.15, 0.2) is 35.0 Å². The fraction of sp³-hybridized carbons (Fsp3) is 0.154. The molecule has 0 fully saturated rings. The molecule has 0 aliphatic rings. The van der Waals surface area contributed by atoms with Crippen molar-refractivity contribution < 1.29 is 4.52 Å². The number of aryl methyl sites for hydroxylation is 1. The lowest BCUT2D eigenvalue weighted by molar-refractivity contribution is 0.379. The van der Waals surface area contributed by atoms with Crippen LogP contribution in [-0.2, 0) is 6.54 Å². The number of benzene rings is 1. The minimum Gasteiger partial charge on any atom is -0.399 e. The van der Waals surface area contributed by atoms with Gasteiger partial charge in [0.2, 0.25) is 5.89 Å². The zero-order chi connectivity index (χ0) is 13.2. The number of nitrogens with two attached hydrogens (primary N) is 1. The fourth-order valence-electron chi connectivity index (χ4n) is 1.90. The first-order valence-corrected chi connectivity index (χ1v) is 5.90. The molecule has 0 unspecified atom stereocenters. The molecule has 96 valence electrons. The second-order valence-electron chi connectivity index (χ2n) is 4.22. The highest BCUT2D eigenvalue weighted by atomic mass is 16.5. The number of nitrogens with zero attached hydrogens (tertiary/aromatic N) is 3. The molecule has 3 aromatic rings. The summed E-state index contributed by atoms with van der Waals surface area (Å²) in [5.41, 5.74) is 8.26. The Kier molecular flexibility index (Phi) is 2.75. The van der Waals surface area contributed by atoms with E-state index in [1.807, 2.05) is 24.3 Å². The molecule has 3 N–H and O–H groups in total. The molecule has 1 aromatic carbocycles. The Morgan fingerprint density at radius 3 is 3.00 bits per heavy atom. The lowest BCUT2D eigenvalue weighted by Crippen LogP contribution is -2.01. The summed E-state index contributed by atoms with van der Waals surface area (Å²) in [5.74, 6) is 1.18. The van der Waals surface area contributed by atoms with Crippen molar-refractivity contribution >= 4 is 22.3 Å². The molecule has 0 atom stereocenters. The highest BCUT2D eigenvalue weighted by Crippen LogP contribution is 2.23. The third-order valence-electron chi connectivity index (χ3n) is 2.77. The number of anilines is 2. The van der Waals surface area contributed by atoms with Gasteiger partial charge in [0.1, 0.15) is 0 Å². The van der Waals surface area contributed by atoms with Crippen molar-refractivity contribution in [1.29, 1.82) is 0 Å². The molecule has 0 radical (unpaired) electrons. The van der Waals surface area contributed by atoms with E-state index in [4.69, 9.17) is 10.3 Å². The van der Waals surface area contributed by atoms with Gasteiger partial charge in [-0.1, -0.05) is 5.16 Å². The largest absolute Gasteiger partial charge is 0.399 e. The van der Waals surface area contributed by atoms with Gasteiger partial charge < -0.3 is 15.6 Å². The number of rotatable bonds is 3. The molecule has 2 heterocycles. The van der Waals surface area contributed by atoms with Crippen LogP contribution in [0.5, 0.6) is 0 Å². The number of pyridine rings is 1. The predicted molar refractivity (Wildman–Crippen MR) is 72.5 cm³/mol. The molecule has 0 saturated carbocycles. The Bertz CT molecular complexity index is 722. The average molecular weight is 255 g/mol. The first-order valence-electron chi connectivity index (χ1n) is 5.90. The Morgan fingerprint density at radius 2 is 2.21 bits per heavy atom. The topological polar surface area (TPSA) is 89.9 Å². The summed E-state index contributed by atoms with van der Waals surface area (Å²) in [6.07, 6.45) is 1.74. The van der Waals surface area contributed by atoms with E-state index in [0.29, 0.717) is 23.9 Å². The number of fused-ring (bicyclic) bond motifs is 1. The molecule has 2 aromatic heterocycles. The molecule has 6 nitrogen and oxygen atoms in total. The van der Waals surface area contributed by atoms with Crippen molar-refractivity contribution in [2.75, 3.05) is 11.1 Å². The molecular formula is C13H13N5O. The maximum atomic E-state index is 5.75. The van der Waals surface area contributed by atoms with E-state index >= 15 is 0 Å². The zero-order valence-electron chi connectivity index (χ0n) is 10.4. The molecule has 19 heavy (non-hydrogen) atoms. The lowest BCUT2D eigenvalue weighted by Gasteiger charge is -2.07. The monoisotopic (exact) mass is 255 g/mol. The molecule has 0 amide bonds. The Hall–Kier alpha value is -2.63. The van der Waals surface area contributed by atoms with Gasteiger partial charge in [0, 0.05) is 23.0 Å². The van der Waals surface area contributed by atoms with Crippen molar-refractivity contribution in [2.45, 2.75) is 13.5 Å². The maximum Gasteiger partial charge on any atom is 0.245 e. The summed E-state index contributed by atoms with van der Waals surface area (Å²) >= 11 is 0. The predicted octanol–water partition coefficient (Wildman–Crippen LogP) is 2.12. The Labute approximate surface area is 109 Å². The second kappa shape index (κ2) is 4.56. The minimum absolute atomic E-state index is 0.477. The van der Waals surface area contributed by atoms with E-state index in [1.165, 1.54) is 0 Å². The molecule has 0 bridgehead atoms. The standard InChI is InChI=1S/C13H13N5O/c1-8-17-13(19-18-8)7-16-11-4-5-15-12-6-9(14)2-3-10(11)12/h2-6H,7,14H2,1H3,(H,15,16). The molecular weight excluding hydrogens is 242 g/mol. The van der Waals surface area contributed by atoms with Crippen molar-refractivity contribution in [1.82, 2.24) is 15.1 Å². The first-order chi connectivity index (χ1) is 9.22.